The standard InChI is InChI=1S/C8H10O3S.C2H6/c1-6-5-7(12(2,10)11)3-4-8(6)9;1-2/h3-5,9H,1-2H3;1-2H3. The normalized spacial score (nSPS) is 10.3. The van der Waals surface area contributed by atoms with Crippen molar-refractivity contribution in [2.75, 3.05) is 6.26 Å². The van der Waals surface area contributed by atoms with Crippen molar-refractivity contribution >= 4 is 9.84 Å². The molecule has 0 bridgehead atoms. The Kier molecular flexibility index (Phi) is 4.63. The van der Waals surface area contributed by atoms with E-state index < -0.39 is 9.84 Å². The smallest absolute Gasteiger partial charge is 0.175 e. The van der Waals surface area contributed by atoms with E-state index in [0.717, 1.165) is 6.26 Å². The van der Waals surface area contributed by atoms with E-state index in [9.17, 15) is 8.42 Å². The molecular weight excluding hydrogens is 200 g/mol. The Labute approximate surface area is 85.3 Å². The molecule has 0 atom stereocenters. The van der Waals surface area contributed by atoms with Gasteiger partial charge in [0, 0.05) is 6.26 Å². The van der Waals surface area contributed by atoms with Crippen LogP contribution in [-0.2, 0) is 9.84 Å². The van der Waals surface area contributed by atoms with Gasteiger partial charge in [-0.05, 0) is 30.7 Å². The number of phenols is 1. The first-order valence-electron chi connectivity index (χ1n) is 4.41. The highest BCUT2D eigenvalue weighted by molar-refractivity contribution is 7.90. The van der Waals surface area contributed by atoms with Crippen LogP contribution in [0.4, 0.5) is 0 Å². The van der Waals surface area contributed by atoms with E-state index in [1.54, 1.807) is 6.92 Å². The highest BCUT2D eigenvalue weighted by atomic mass is 32.2. The molecule has 0 radical (unpaired) electrons. The molecule has 0 saturated heterocycles. The van der Waals surface area contributed by atoms with Gasteiger partial charge in [-0.2, -0.15) is 0 Å². The Morgan fingerprint density at radius 3 is 2.07 bits per heavy atom. The summed E-state index contributed by atoms with van der Waals surface area (Å²) in [7, 11) is -3.15. The highest BCUT2D eigenvalue weighted by Gasteiger charge is 2.07. The van der Waals surface area contributed by atoms with E-state index in [4.69, 9.17) is 5.11 Å². The molecule has 0 heterocycles. The topological polar surface area (TPSA) is 54.4 Å². The van der Waals surface area contributed by atoms with Gasteiger partial charge < -0.3 is 5.11 Å². The van der Waals surface area contributed by atoms with Crippen molar-refractivity contribution in [3.05, 3.63) is 23.8 Å². The Morgan fingerprint density at radius 2 is 1.71 bits per heavy atom. The number of rotatable bonds is 1. The Bertz CT molecular complexity index is 394. The second-order valence-corrected chi connectivity index (χ2v) is 4.74. The molecule has 0 saturated carbocycles. The van der Waals surface area contributed by atoms with Crippen LogP contribution in [0.5, 0.6) is 5.75 Å². The molecule has 0 aliphatic carbocycles. The van der Waals surface area contributed by atoms with Gasteiger partial charge in [0.05, 0.1) is 4.90 Å². The van der Waals surface area contributed by atoms with E-state index in [1.807, 2.05) is 13.8 Å². The van der Waals surface area contributed by atoms with Crippen molar-refractivity contribution < 1.29 is 13.5 Å². The number of phenolic OH excluding ortho intramolecular Hbond substituents is 1. The van der Waals surface area contributed by atoms with Crippen molar-refractivity contribution in [1.82, 2.24) is 0 Å². The van der Waals surface area contributed by atoms with Gasteiger partial charge in [0.25, 0.3) is 0 Å². The van der Waals surface area contributed by atoms with Crippen LogP contribution >= 0.6 is 0 Å². The maximum Gasteiger partial charge on any atom is 0.175 e. The Balaban J connectivity index is 0.000000791. The molecule has 0 amide bonds. The van der Waals surface area contributed by atoms with Crippen LogP contribution in [0.3, 0.4) is 0 Å². The molecule has 1 N–H and O–H groups in total. The summed E-state index contributed by atoms with van der Waals surface area (Å²) in [4.78, 5) is 0.234. The monoisotopic (exact) mass is 216 g/mol. The number of aromatic hydroxyl groups is 1. The molecule has 4 heteroatoms. The van der Waals surface area contributed by atoms with Crippen molar-refractivity contribution in [1.29, 1.82) is 0 Å². The number of hydrogen-bond donors (Lipinski definition) is 1. The summed E-state index contributed by atoms with van der Waals surface area (Å²) in [5.74, 6) is 0.113. The van der Waals surface area contributed by atoms with Crippen LogP contribution in [0.15, 0.2) is 23.1 Å². The van der Waals surface area contributed by atoms with Gasteiger partial charge in [0.2, 0.25) is 0 Å². The molecule has 14 heavy (non-hydrogen) atoms. The van der Waals surface area contributed by atoms with Gasteiger partial charge in [-0.1, -0.05) is 13.8 Å². The third-order valence-corrected chi connectivity index (χ3v) is 2.71. The molecule has 0 aliphatic rings. The zero-order valence-electron chi connectivity index (χ0n) is 8.90. The lowest BCUT2D eigenvalue weighted by atomic mass is 10.2. The van der Waals surface area contributed by atoms with Crippen LogP contribution in [0.2, 0.25) is 0 Å². The Morgan fingerprint density at radius 1 is 1.21 bits per heavy atom. The van der Waals surface area contributed by atoms with Gasteiger partial charge in [-0.3, -0.25) is 0 Å². The van der Waals surface area contributed by atoms with Crippen LogP contribution in [-0.4, -0.2) is 19.8 Å². The first-order valence-corrected chi connectivity index (χ1v) is 6.30. The fourth-order valence-electron chi connectivity index (χ4n) is 0.859. The lowest BCUT2D eigenvalue weighted by Crippen LogP contribution is -1.96. The number of aryl methyl sites for hydroxylation is 1. The van der Waals surface area contributed by atoms with Crippen molar-refractivity contribution in [2.24, 2.45) is 0 Å². The van der Waals surface area contributed by atoms with Crippen LogP contribution in [0.1, 0.15) is 19.4 Å². The van der Waals surface area contributed by atoms with E-state index in [0.29, 0.717) is 5.56 Å². The summed E-state index contributed by atoms with van der Waals surface area (Å²) in [6.07, 6.45) is 1.14. The van der Waals surface area contributed by atoms with Crippen LogP contribution in [0.25, 0.3) is 0 Å². The largest absolute Gasteiger partial charge is 0.508 e. The minimum Gasteiger partial charge on any atom is -0.508 e. The van der Waals surface area contributed by atoms with Crippen molar-refractivity contribution in [3.63, 3.8) is 0 Å². The van der Waals surface area contributed by atoms with E-state index in [2.05, 4.69) is 0 Å². The van der Waals surface area contributed by atoms with Gasteiger partial charge in [0.15, 0.2) is 9.84 Å². The molecule has 0 unspecified atom stereocenters. The maximum atomic E-state index is 11.0. The van der Waals surface area contributed by atoms with Gasteiger partial charge in [-0.15, -0.1) is 0 Å². The average Bonchev–Trinajstić information content (AvgIpc) is 2.11. The van der Waals surface area contributed by atoms with E-state index in [1.165, 1.54) is 18.2 Å². The number of hydrogen-bond acceptors (Lipinski definition) is 3. The first kappa shape index (κ1) is 13.0. The molecule has 0 aliphatic heterocycles. The lowest BCUT2D eigenvalue weighted by molar-refractivity contribution is 0.470. The predicted molar refractivity (Wildman–Crippen MR) is 57.3 cm³/mol. The van der Waals surface area contributed by atoms with Crippen molar-refractivity contribution in [2.45, 2.75) is 25.7 Å². The zero-order chi connectivity index (χ0) is 11.4. The zero-order valence-corrected chi connectivity index (χ0v) is 9.72. The molecule has 0 aromatic heterocycles. The molecule has 1 rings (SSSR count). The molecule has 1 aromatic rings. The summed E-state index contributed by atoms with van der Waals surface area (Å²) in [6.45, 7) is 5.66. The average molecular weight is 216 g/mol. The molecule has 1 aromatic carbocycles. The second-order valence-electron chi connectivity index (χ2n) is 2.72. The maximum absolute atomic E-state index is 11.0. The summed E-state index contributed by atoms with van der Waals surface area (Å²) in [6, 6.07) is 4.22. The third-order valence-electron chi connectivity index (χ3n) is 1.60. The highest BCUT2D eigenvalue weighted by Crippen LogP contribution is 2.19. The molecule has 0 fully saturated rings. The van der Waals surface area contributed by atoms with Crippen LogP contribution in [0, 0.1) is 6.92 Å². The Hall–Kier alpha value is -1.03. The lowest BCUT2D eigenvalue weighted by Gasteiger charge is -2.01. The minimum atomic E-state index is -3.15. The summed E-state index contributed by atoms with van der Waals surface area (Å²) in [5.41, 5.74) is 0.568. The SMILES string of the molecule is CC.Cc1cc(S(C)(=O)=O)ccc1O. The van der Waals surface area contributed by atoms with Gasteiger partial charge in [-0.25, -0.2) is 8.42 Å². The number of sulfone groups is 1. The van der Waals surface area contributed by atoms with Gasteiger partial charge >= 0.3 is 0 Å². The van der Waals surface area contributed by atoms with Gasteiger partial charge in [0.1, 0.15) is 5.75 Å². The predicted octanol–water partition coefficient (Wildman–Crippen LogP) is 2.13. The summed E-state index contributed by atoms with van der Waals surface area (Å²) < 4.78 is 22.0. The third kappa shape index (κ3) is 3.38. The fraction of sp³-hybridized carbons (Fsp3) is 0.400. The molecule has 80 valence electrons. The van der Waals surface area contributed by atoms with Crippen LogP contribution < -0.4 is 0 Å². The summed E-state index contributed by atoms with van der Waals surface area (Å²) in [5, 5.41) is 9.11. The number of benzene rings is 1. The molecular formula is C10H16O3S. The molecule has 3 nitrogen and oxygen atoms in total. The van der Waals surface area contributed by atoms with E-state index in [-0.39, 0.29) is 10.6 Å². The van der Waals surface area contributed by atoms with Crippen molar-refractivity contribution in [3.8, 4) is 5.75 Å². The second kappa shape index (κ2) is 5.00. The first-order chi connectivity index (χ1) is 6.41. The quantitative estimate of drug-likeness (QED) is 0.782. The fourth-order valence-corrected chi connectivity index (χ4v) is 1.56. The van der Waals surface area contributed by atoms with E-state index >= 15 is 0 Å². The summed E-state index contributed by atoms with van der Waals surface area (Å²) >= 11 is 0. The molecule has 0 spiro atoms. The minimum absolute atomic E-state index is 0.113.